The fourth-order valence-electron chi connectivity index (χ4n) is 2.74. The maximum absolute atomic E-state index is 13.6. The Labute approximate surface area is 120 Å². The number of carbonyl (C=O) groups excluding carboxylic acids is 1. The summed E-state index contributed by atoms with van der Waals surface area (Å²) in [7, 11) is 0. The molecule has 0 radical (unpaired) electrons. The van der Waals surface area contributed by atoms with E-state index in [1.165, 1.54) is 6.07 Å². The molecule has 0 aliphatic heterocycles. The third-order valence-corrected chi connectivity index (χ3v) is 3.75. The van der Waals surface area contributed by atoms with Crippen LogP contribution in [0.25, 0.3) is 0 Å². The molecule has 2 aromatic rings. The molecule has 1 aliphatic carbocycles. The number of halogens is 2. The molecule has 0 saturated heterocycles. The standard InChI is InChI=1S/C16H14F2N2O/c17-11-6-3-7-12(18)14(11)16(21)20-15-10-5-2-1-4-9(10)8-13(15)19/h1-7,13,15H,8,19H2,(H,20,21). The van der Waals surface area contributed by atoms with Gasteiger partial charge in [-0.25, -0.2) is 8.78 Å². The van der Waals surface area contributed by atoms with Crippen LogP contribution in [0.5, 0.6) is 0 Å². The van der Waals surface area contributed by atoms with Crippen molar-refractivity contribution in [2.75, 3.05) is 0 Å². The lowest BCUT2D eigenvalue weighted by atomic mass is 10.1. The smallest absolute Gasteiger partial charge is 0.257 e. The second-order valence-electron chi connectivity index (χ2n) is 5.11. The molecule has 0 heterocycles. The van der Waals surface area contributed by atoms with E-state index in [0.29, 0.717) is 6.42 Å². The van der Waals surface area contributed by atoms with Gasteiger partial charge in [-0.15, -0.1) is 0 Å². The average Bonchev–Trinajstić information content (AvgIpc) is 2.75. The molecule has 21 heavy (non-hydrogen) atoms. The van der Waals surface area contributed by atoms with Gasteiger partial charge in [0.1, 0.15) is 17.2 Å². The van der Waals surface area contributed by atoms with Crippen molar-refractivity contribution in [2.45, 2.75) is 18.5 Å². The first-order chi connectivity index (χ1) is 10.1. The van der Waals surface area contributed by atoms with Crippen LogP contribution < -0.4 is 11.1 Å². The zero-order chi connectivity index (χ0) is 15.0. The van der Waals surface area contributed by atoms with Crippen molar-refractivity contribution in [3.05, 3.63) is 70.8 Å². The summed E-state index contributed by atoms with van der Waals surface area (Å²) < 4.78 is 27.3. The molecule has 0 aromatic heterocycles. The molecule has 2 unspecified atom stereocenters. The van der Waals surface area contributed by atoms with E-state index >= 15 is 0 Å². The maximum atomic E-state index is 13.6. The van der Waals surface area contributed by atoms with Gasteiger partial charge in [0.2, 0.25) is 0 Å². The van der Waals surface area contributed by atoms with Gasteiger partial charge in [0.05, 0.1) is 6.04 Å². The van der Waals surface area contributed by atoms with Gasteiger partial charge in [0, 0.05) is 6.04 Å². The summed E-state index contributed by atoms with van der Waals surface area (Å²) in [4.78, 5) is 12.2. The fraction of sp³-hybridized carbons (Fsp3) is 0.188. The minimum atomic E-state index is -0.882. The Morgan fingerprint density at radius 1 is 1.10 bits per heavy atom. The van der Waals surface area contributed by atoms with Gasteiger partial charge in [-0.1, -0.05) is 30.3 Å². The van der Waals surface area contributed by atoms with Crippen LogP contribution in [0.15, 0.2) is 42.5 Å². The van der Waals surface area contributed by atoms with Gasteiger partial charge < -0.3 is 11.1 Å². The number of nitrogens with two attached hydrogens (primary N) is 1. The summed E-state index contributed by atoms with van der Waals surface area (Å²) >= 11 is 0. The third-order valence-electron chi connectivity index (χ3n) is 3.75. The number of fused-ring (bicyclic) bond motifs is 1. The predicted octanol–water partition coefficient (Wildman–Crippen LogP) is 2.32. The minimum absolute atomic E-state index is 0.304. The number of nitrogens with one attached hydrogen (secondary N) is 1. The van der Waals surface area contributed by atoms with Crippen LogP contribution in [0.1, 0.15) is 27.5 Å². The summed E-state index contributed by atoms with van der Waals surface area (Å²) in [5, 5.41) is 2.64. The first kappa shape index (κ1) is 13.7. The number of amides is 1. The van der Waals surface area contributed by atoms with Crippen molar-refractivity contribution < 1.29 is 13.6 Å². The number of hydrogen-bond acceptors (Lipinski definition) is 2. The van der Waals surface area contributed by atoms with Crippen LogP contribution >= 0.6 is 0 Å². The lowest BCUT2D eigenvalue weighted by molar-refractivity contribution is 0.0924. The molecule has 3 rings (SSSR count). The van der Waals surface area contributed by atoms with Crippen molar-refractivity contribution in [3.63, 3.8) is 0 Å². The quantitative estimate of drug-likeness (QED) is 0.891. The zero-order valence-electron chi connectivity index (χ0n) is 11.1. The Bertz CT molecular complexity index is 682. The molecular formula is C16H14F2N2O. The number of rotatable bonds is 2. The Balaban J connectivity index is 1.89. The minimum Gasteiger partial charge on any atom is -0.343 e. The molecule has 0 bridgehead atoms. The Morgan fingerprint density at radius 3 is 2.48 bits per heavy atom. The Hall–Kier alpha value is -2.27. The normalized spacial score (nSPS) is 20.1. The van der Waals surface area contributed by atoms with Gasteiger partial charge >= 0.3 is 0 Å². The zero-order valence-corrected chi connectivity index (χ0v) is 11.1. The van der Waals surface area contributed by atoms with E-state index in [2.05, 4.69) is 5.32 Å². The highest BCUT2D eigenvalue weighted by molar-refractivity contribution is 5.95. The maximum Gasteiger partial charge on any atom is 0.257 e. The summed E-state index contributed by atoms with van der Waals surface area (Å²) in [6, 6.07) is 10.1. The first-order valence-corrected chi connectivity index (χ1v) is 6.66. The SMILES string of the molecule is NC1Cc2ccccc2C1NC(=O)c1c(F)cccc1F. The largest absolute Gasteiger partial charge is 0.343 e. The molecule has 0 spiro atoms. The van der Waals surface area contributed by atoms with E-state index in [0.717, 1.165) is 23.3 Å². The molecule has 1 aliphatic rings. The van der Waals surface area contributed by atoms with Gasteiger partial charge in [-0.05, 0) is 29.7 Å². The number of carbonyl (C=O) groups is 1. The molecule has 3 nitrogen and oxygen atoms in total. The fourth-order valence-corrected chi connectivity index (χ4v) is 2.74. The van der Waals surface area contributed by atoms with Gasteiger partial charge in [-0.3, -0.25) is 4.79 Å². The van der Waals surface area contributed by atoms with Crippen LogP contribution in [0.2, 0.25) is 0 Å². The highest BCUT2D eigenvalue weighted by atomic mass is 19.1. The highest BCUT2D eigenvalue weighted by Gasteiger charge is 2.32. The van der Waals surface area contributed by atoms with Crippen LogP contribution in [-0.2, 0) is 6.42 Å². The molecule has 108 valence electrons. The van der Waals surface area contributed by atoms with Gasteiger partial charge in [-0.2, -0.15) is 0 Å². The summed E-state index contributed by atoms with van der Waals surface area (Å²) in [6.45, 7) is 0. The van der Waals surface area contributed by atoms with Gasteiger partial charge in [0.15, 0.2) is 0 Å². The Kier molecular flexibility index (Phi) is 3.43. The van der Waals surface area contributed by atoms with E-state index in [1.807, 2.05) is 24.3 Å². The number of benzene rings is 2. The molecular weight excluding hydrogens is 274 g/mol. The summed E-state index contributed by atoms with van der Waals surface area (Å²) in [5.41, 5.74) is 7.40. The second kappa shape index (κ2) is 5.26. The van der Waals surface area contributed by atoms with Crippen LogP contribution in [0.4, 0.5) is 8.78 Å². The molecule has 2 atom stereocenters. The molecule has 0 fully saturated rings. The third kappa shape index (κ3) is 2.40. The lowest BCUT2D eigenvalue weighted by Gasteiger charge is -2.19. The van der Waals surface area contributed by atoms with Crippen molar-refractivity contribution in [1.82, 2.24) is 5.32 Å². The van der Waals surface area contributed by atoms with Crippen molar-refractivity contribution >= 4 is 5.91 Å². The van der Waals surface area contributed by atoms with Crippen molar-refractivity contribution in [2.24, 2.45) is 5.73 Å². The van der Waals surface area contributed by atoms with Crippen LogP contribution in [0, 0.1) is 11.6 Å². The monoisotopic (exact) mass is 288 g/mol. The van der Waals surface area contributed by atoms with Crippen molar-refractivity contribution in [3.8, 4) is 0 Å². The summed E-state index contributed by atoms with van der Waals surface area (Å²) in [6.07, 6.45) is 0.626. The Morgan fingerprint density at radius 2 is 1.76 bits per heavy atom. The lowest BCUT2D eigenvalue weighted by Crippen LogP contribution is -2.39. The van der Waals surface area contributed by atoms with E-state index in [9.17, 15) is 13.6 Å². The van der Waals surface area contributed by atoms with Crippen LogP contribution in [-0.4, -0.2) is 11.9 Å². The topological polar surface area (TPSA) is 55.1 Å². The first-order valence-electron chi connectivity index (χ1n) is 6.66. The number of hydrogen-bond donors (Lipinski definition) is 2. The molecule has 0 saturated carbocycles. The molecule has 5 heteroatoms. The van der Waals surface area contributed by atoms with Gasteiger partial charge in [0.25, 0.3) is 5.91 Å². The van der Waals surface area contributed by atoms with E-state index in [-0.39, 0.29) is 6.04 Å². The second-order valence-corrected chi connectivity index (χ2v) is 5.11. The summed E-state index contributed by atoms with van der Waals surface area (Å²) in [5.74, 6) is -2.55. The highest BCUT2D eigenvalue weighted by Crippen LogP contribution is 2.30. The molecule has 1 amide bonds. The average molecular weight is 288 g/mol. The predicted molar refractivity (Wildman–Crippen MR) is 74.7 cm³/mol. The van der Waals surface area contributed by atoms with E-state index in [4.69, 9.17) is 5.73 Å². The van der Waals surface area contributed by atoms with E-state index in [1.54, 1.807) is 0 Å². The van der Waals surface area contributed by atoms with Crippen LogP contribution in [0.3, 0.4) is 0 Å². The molecule has 3 N–H and O–H groups in total. The molecule has 2 aromatic carbocycles. The van der Waals surface area contributed by atoms with E-state index < -0.39 is 29.1 Å². The van der Waals surface area contributed by atoms with Crippen molar-refractivity contribution in [1.29, 1.82) is 0 Å².